The zero-order valence-electron chi connectivity index (χ0n) is 6.13. The first-order chi connectivity index (χ1) is 5.16. The number of rotatable bonds is 1. The maximum Gasteiger partial charge on any atom is 0.329 e. The summed E-state index contributed by atoms with van der Waals surface area (Å²) in [7, 11) is 0. The fraction of sp³-hybridized carbons (Fsp3) is 0.333. The summed E-state index contributed by atoms with van der Waals surface area (Å²) in [6.07, 6.45) is 1.37. The van der Waals surface area contributed by atoms with E-state index in [4.69, 9.17) is 5.73 Å². The van der Waals surface area contributed by atoms with Gasteiger partial charge in [-0.15, -0.1) is 0 Å². The molecule has 1 aromatic heterocycles. The van der Waals surface area contributed by atoms with E-state index in [0.717, 1.165) is 4.57 Å². The van der Waals surface area contributed by atoms with Crippen molar-refractivity contribution in [1.82, 2.24) is 9.55 Å². The predicted molar refractivity (Wildman–Crippen MR) is 40.2 cm³/mol. The molecule has 0 saturated heterocycles. The predicted octanol–water partition coefficient (Wildman–Crippen LogP) is -1.24. The first-order valence-electron chi connectivity index (χ1n) is 3.16. The lowest BCUT2D eigenvalue weighted by molar-refractivity contribution is 0.646. The molecule has 11 heavy (non-hydrogen) atoms. The Morgan fingerprint density at radius 2 is 2.27 bits per heavy atom. The third-order valence-electron chi connectivity index (χ3n) is 1.42. The lowest BCUT2D eigenvalue weighted by Crippen LogP contribution is -2.38. The van der Waals surface area contributed by atoms with Gasteiger partial charge in [0, 0.05) is 11.8 Å². The van der Waals surface area contributed by atoms with E-state index in [2.05, 4.69) is 4.98 Å². The number of aromatic nitrogens is 2. The molecule has 0 unspecified atom stereocenters. The Bertz CT molecular complexity index is 363. The molecule has 0 atom stereocenters. The largest absolute Gasteiger partial charge is 0.329 e. The minimum absolute atomic E-state index is 0.0875. The first-order valence-corrected chi connectivity index (χ1v) is 3.16. The fourth-order valence-electron chi connectivity index (χ4n) is 0.781. The van der Waals surface area contributed by atoms with Gasteiger partial charge in [-0.2, -0.15) is 0 Å². The summed E-state index contributed by atoms with van der Waals surface area (Å²) in [5.74, 6) is 0. The van der Waals surface area contributed by atoms with Crippen LogP contribution in [0.4, 0.5) is 0 Å². The Morgan fingerprint density at radius 3 is 2.73 bits per heavy atom. The van der Waals surface area contributed by atoms with E-state index in [1.807, 2.05) is 0 Å². The molecule has 0 radical (unpaired) electrons. The third-order valence-corrected chi connectivity index (χ3v) is 1.42. The van der Waals surface area contributed by atoms with Crippen LogP contribution in [0.5, 0.6) is 0 Å². The Morgan fingerprint density at radius 1 is 1.64 bits per heavy atom. The zero-order valence-corrected chi connectivity index (χ0v) is 6.13. The van der Waals surface area contributed by atoms with E-state index < -0.39 is 5.69 Å². The average molecular weight is 155 g/mol. The molecule has 0 saturated carbocycles. The van der Waals surface area contributed by atoms with Crippen molar-refractivity contribution in [2.24, 2.45) is 5.73 Å². The van der Waals surface area contributed by atoms with Crippen molar-refractivity contribution >= 4 is 0 Å². The Hall–Kier alpha value is -1.36. The fourth-order valence-corrected chi connectivity index (χ4v) is 0.781. The number of nitrogens with two attached hydrogens (primary N) is 1. The summed E-state index contributed by atoms with van der Waals surface area (Å²) < 4.78 is 0.940. The highest BCUT2D eigenvalue weighted by Gasteiger charge is 1.99. The molecule has 0 aliphatic heterocycles. The maximum absolute atomic E-state index is 11.1. The van der Waals surface area contributed by atoms with Gasteiger partial charge in [0.1, 0.15) is 0 Å². The van der Waals surface area contributed by atoms with Crippen LogP contribution in [0.3, 0.4) is 0 Å². The van der Waals surface area contributed by atoms with Gasteiger partial charge in [-0.05, 0) is 6.92 Å². The normalized spacial score (nSPS) is 10.0. The van der Waals surface area contributed by atoms with E-state index in [-0.39, 0.29) is 12.2 Å². The smallest absolute Gasteiger partial charge is 0.314 e. The third kappa shape index (κ3) is 1.22. The summed E-state index contributed by atoms with van der Waals surface area (Å²) in [5, 5.41) is 0. The molecule has 0 spiro atoms. The molecular formula is C6H9N3O2. The molecule has 0 aliphatic carbocycles. The van der Waals surface area contributed by atoms with Crippen molar-refractivity contribution in [3.8, 4) is 0 Å². The number of nitrogens with one attached hydrogen (secondary N) is 1. The topological polar surface area (TPSA) is 80.9 Å². The quantitative estimate of drug-likeness (QED) is 0.532. The number of aromatic amines is 1. The van der Waals surface area contributed by atoms with Gasteiger partial charge < -0.3 is 10.7 Å². The van der Waals surface area contributed by atoms with E-state index in [1.54, 1.807) is 6.92 Å². The monoisotopic (exact) mass is 155 g/mol. The second-order valence-corrected chi connectivity index (χ2v) is 2.19. The van der Waals surface area contributed by atoms with E-state index in [1.165, 1.54) is 6.20 Å². The molecule has 0 aromatic carbocycles. The number of nitrogens with zero attached hydrogens (tertiary/aromatic N) is 1. The molecule has 1 aromatic rings. The van der Waals surface area contributed by atoms with Crippen LogP contribution in [0.1, 0.15) is 5.56 Å². The molecule has 0 amide bonds. The molecule has 5 heteroatoms. The Kier molecular flexibility index (Phi) is 1.91. The van der Waals surface area contributed by atoms with E-state index in [0.29, 0.717) is 5.56 Å². The van der Waals surface area contributed by atoms with Gasteiger partial charge in [-0.1, -0.05) is 0 Å². The highest BCUT2D eigenvalue weighted by molar-refractivity contribution is 5.00. The highest BCUT2D eigenvalue weighted by atomic mass is 16.2. The lowest BCUT2D eigenvalue weighted by atomic mass is 10.4. The van der Waals surface area contributed by atoms with Crippen LogP contribution in [-0.4, -0.2) is 9.55 Å². The molecule has 5 nitrogen and oxygen atoms in total. The van der Waals surface area contributed by atoms with Gasteiger partial charge >= 0.3 is 5.69 Å². The van der Waals surface area contributed by atoms with Crippen LogP contribution in [0.25, 0.3) is 0 Å². The van der Waals surface area contributed by atoms with Crippen LogP contribution in [0, 0.1) is 6.92 Å². The van der Waals surface area contributed by atoms with Gasteiger partial charge in [0.15, 0.2) is 0 Å². The summed E-state index contributed by atoms with van der Waals surface area (Å²) in [6.45, 7) is 1.53. The molecule has 0 fully saturated rings. The minimum Gasteiger partial charge on any atom is -0.314 e. The summed E-state index contributed by atoms with van der Waals surface area (Å²) in [6, 6.07) is 0. The summed E-state index contributed by atoms with van der Waals surface area (Å²) >= 11 is 0. The van der Waals surface area contributed by atoms with Crippen molar-refractivity contribution in [3.05, 3.63) is 32.6 Å². The summed E-state index contributed by atoms with van der Waals surface area (Å²) in [4.78, 5) is 24.3. The van der Waals surface area contributed by atoms with E-state index >= 15 is 0 Å². The first kappa shape index (κ1) is 7.74. The van der Waals surface area contributed by atoms with Crippen molar-refractivity contribution in [1.29, 1.82) is 0 Å². The second kappa shape index (κ2) is 2.71. The van der Waals surface area contributed by atoms with Crippen molar-refractivity contribution < 1.29 is 0 Å². The van der Waals surface area contributed by atoms with Crippen molar-refractivity contribution in [3.63, 3.8) is 0 Å². The Balaban J connectivity index is 3.55. The van der Waals surface area contributed by atoms with Crippen molar-refractivity contribution in [2.75, 3.05) is 0 Å². The number of H-pyrrole nitrogens is 1. The number of aryl methyl sites for hydroxylation is 1. The lowest BCUT2D eigenvalue weighted by Gasteiger charge is -1.98. The molecule has 1 heterocycles. The molecule has 60 valence electrons. The second-order valence-electron chi connectivity index (χ2n) is 2.19. The zero-order chi connectivity index (χ0) is 8.43. The van der Waals surface area contributed by atoms with Crippen LogP contribution in [0.15, 0.2) is 15.8 Å². The highest BCUT2D eigenvalue weighted by Crippen LogP contribution is 1.77. The van der Waals surface area contributed by atoms with Gasteiger partial charge in [-0.3, -0.25) is 4.79 Å². The standard InChI is InChI=1S/C6H9N3O2/c1-4-2-8-6(11)9(3-7)5(4)10/h2H,3,7H2,1H3,(H,8,11). The number of hydrogen-bond donors (Lipinski definition) is 2. The van der Waals surface area contributed by atoms with Crippen LogP contribution in [-0.2, 0) is 6.67 Å². The van der Waals surface area contributed by atoms with Gasteiger partial charge in [0.05, 0.1) is 6.67 Å². The average Bonchev–Trinajstić information content (AvgIpc) is 1.99. The van der Waals surface area contributed by atoms with Crippen LogP contribution < -0.4 is 17.0 Å². The Labute approximate surface area is 62.5 Å². The number of hydrogen-bond acceptors (Lipinski definition) is 3. The molecule has 0 bridgehead atoms. The SMILES string of the molecule is Cc1c[nH]c(=O)n(CN)c1=O. The minimum atomic E-state index is -0.469. The maximum atomic E-state index is 11.1. The van der Waals surface area contributed by atoms with Gasteiger partial charge in [0.25, 0.3) is 5.56 Å². The molecule has 0 aliphatic rings. The van der Waals surface area contributed by atoms with Crippen molar-refractivity contribution in [2.45, 2.75) is 13.6 Å². The van der Waals surface area contributed by atoms with Gasteiger partial charge in [-0.25, -0.2) is 9.36 Å². The molecule has 1 rings (SSSR count). The van der Waals surface area contributed by atoms with Crippen LogP contribution in [0.2, 0.25) is 0 Å². The van der Waals surface area contributed by atoms with Gasteiger partial charge in [0.2, 0.25) is 0 Å². The van der Waals surface area contributed by atoms with E-state index in [9.17, 15) is 9.59 Å². The summed E-state index contributed by atoms with van der Waals surface area (Å²) in [5.41, 5.74) is 4.84. The van der Waals surface area contributed by atoms with Crippen LogP contribution >= 0.6 is 0 Å². The molecule has 3 N–H and O–H groups in total. The molecular weight excluding hydrogens is 146 g/mol.